The van der Waals surface area contributed by atoms with Crippen LogP contribution in [0.3, 0.4) is 0 Å². The van der Waals surface area contributed by atoms with Gasteiger partial charge in [-0.3, -0.25) is 4.79 Å². The van der Waals surface area contributed by atoms with Gasteiger partial charge < -0.3 is 14.7 Å². The molecule has 5 heteroatoms. The second kappa shape index (κ2) is 4.84. The average molecular weight is 308 g/mol. The Bertz CT molecular complexity index is 993. The molecule has 4 rings (SSSR count). The molecule has 0 saturated heterocycles. The number of aryl methyl sites for hydroxylation is 1. The van der Waals surface area contributed by atoms with Crippen molar-refractivity contribution in [3.8, 4) is 11.3 Å². The van der Waals surface area contributed by atoms with Crippen LogP contribution in [-0.4, -0.2) is 20.6 Å². The Morgan fingerprint density at radius 2 is 2.04 bits per heavy atom. The zero-order valence-corrected chi connectivity index (χ0v) is 12.7. The van der Waals surface area contributed by atoms with Crippen molar-refractivity contribution in [1.29, 1.82) is 0 Å². The van der Waals surface area contributed by atoms with E-state index in [1.54, 1.807) is 6.07 Å². The molecule has 0 bridgehead atoms. The van der Waals surface area contributed by atoms with Crippen molar-refractivity contribution in [2.45, 2.75) is 18.8 Å². The molecule has 116 valence electrons. The smallest absolute Gasteiger partial charge is 0.341 e. The van der Waals surface area contributed by atoms with Gasteiger partial charge >= 0.3 is 5.97 Å². The molecule has 3 aromatic rings. The van der Waals surface area contributed by atoms with Crippen LogP contribution < -0.4 is 5.56 Å². The maximum absolute atomic E-state index is 12.1. The summed E-state index contributed by atoms with van der Waals surface area (Å²) in [5.41, 5.74) is 2.97. The van der Waals surface area contributed by atoms with E-state index in [1.165, 1.54) is 0 Å². The van der Waals surface area contributed by atoms with Gasteiger partial charge in [0.05, 0.1) is 5.69 Å². The largest absolute Gasteiger partial charge is 0.477 e. The highest BCUT2D eigenvalue weighted by Gasteiger charge is 2.29. The van der Waals surface area contributed by atoms with Crippen molar-refractivity contribution < 1.29 is 9.90 Å². The van der Waals surface area contributed by atoms with Gasteiger partial charge in [-0.1, -0.05) is 6.07 Å². The van der Waals surface area contributed by atoms with E-state index in [0.29, 0.717) is 5.92 Å². The van der Waals surface area contributed by atoms with Crippen LogP contribution in [0.4, 0.5) is 0 Å². The molecule has 2 heterocycles. The topological polar surface area (TPSA) is 75.1 Å². The number of rotatable bonds is 3. The molecule has 1 fully saturated rings. The van der Waals surface area contributed by atoms with Gasteiger partial charge in [0, 0.05) is 24.1 Å². The maximum Gasteiger partial charge on any atom is 0.341 e. The first-order valence-electron chi connectivity index (χ1n) is 7.60. The first kappa shape index (κ1) is 13.8. The Morgan fingerprint density at radius 3 is 2.74 bits per heavy atom. The maximum atomic E-state index is 12.1. The first-order chi connectivity index (χ1) is 11.0. The number of carboxylic acids is 1. The number of aromatic amines is 1. The number of benzene rings is 1. The third kappa shape index (κ3) is 2.25. The van der Waals surface area contributed by atoms with Crippen molar-refractivity contribution in [3.63, 3.8) is 0 Å². The van der Waals surface area contributed by atoms with Gasteiger partial charge in [0.25, 0.3) is 5.56 Å². The highest BCUT2D eigenvalue weighted by Crippen LogP contribution is 2.44. The van der Waals surface area contributed by atoms with E-state index in [0.717, 1.165) is 40.6 Å². The Hall–Kier alpha value is -2.82. The molecular formula is C18H16N2O3. The molecule has 0 aliphatic heterocycles. The molecular weight excluding hydrogens is 292 g/mol. The molecule has 0 unspecified atom stereocenters. The monoisotopic (exact) mass is 308 g/mol. The minimum absolute atomic E-state index is 0.184. The second-order valence-corrected chi connectivity index (χ2v) is 6.12. The van der Waals surface area contributed by atoms with E-state index >= 15 is 0 Å². The third-order valence-corrected chi connectivity index (χ3v) is 4.49. The molecule has 0 atom stereocenters. The lowest BCUT2D eigenvalue weighted by molar-refractivity contribution is 0.0695. The summed E-state index contributed by atoms with van der Waals surface area (Å²) in [5.74, 6) is -0.843. The minimum atomic E-state index is -1.18. The molecule has 0 spiro atoms. The Balaban J connectivity index is 1.94. The summed E-state index contributed by atoms with van der Waals surface area (Å²) >= 11 is 0. The quantitative estimate of drug-likeness (QED) is 0.780. The van der Waals surface area contributed by atoms with Crippen LogP contribution in [0, 0.1) is 0 Å². The van der Waals surface area contributed by atoms with Crippen LogP contribution in [-0.2, 0) is 7.05 Å². The van der Waals surface area contributed by atoms with Crippen molar-refractivity contribution in [1.82, 2.24) is 9.55 Å². The number of aromatic carboxylic acids is 1. The molecule has 0 amide bonds. The van der Waals surface area contributed by atoms with Crippen molar-refractivity contribution >= 4 is 16.9 Å². The van der Waals surface area contributed by atoms with Crippen LogP contribution in [0.5, 0.6) is 0 Å². The minimum Gasteiger partial charge on any atom is -0.477 e. The summed E-state index contributed by atoms with van der Waals surface area (Å²) in [7, 11) is 1.99. The van der Waals surface area contributed by atoms with E-state index in [1.807, 2.05) is 42.1 Å². The highest BCUT2D eigenvalue weighted by atomic mass is 16.4. The van der Waals surface area contributed by atoms with Crippen LogP contribution in [0.25, 0.3) is 22.2 Å². The van der Waals surface area contributed by atoms with Crippen molar-refractivity contribution in [2.24, 2.45) is 7.05 Å². The van der Waals surface area contributed by atoms with E-state index in [-0.39, 0.29) is 5.56 Å². The van der Waals surface area contributed by atoms with Gasteiger partial charge in [-0.05, 0) is 54.2 Å². The summed E-state index contributed by atoms with van der Waals surface area (Å²) in [6.45, 7) is 0. The number of pyridine rings is 1. The Labute approximate surface area is 132 Å². The fourth-order valence-electron chi connectivity index (χ4n) is 3.10. The number of fused-ring (bicyclic) bond motifs is 1. The lowest BCUT2D eigenvalue weighted by Crippen LogP contribution is -2.19. The Kier molecular flexibility index (Phi) is 2.91. The predicted octanol–water partition coefficient (Wildman–Crippen LogP) is 3.11. The van der Waals surface area contributed by atoms with Gasteiger partial charge in [-0.2, -0.15) is 0 Å². The number of nitrogens with zero attached hydrogens (tertiary/aromatic N) is 1. The number of H-pyrrole nitrogens is 1. The van der Waals surface area contributed by atoms with Crippen LogP contribution >= 0.6 is 0 Å². The standard InChI is InChI=1S/C18H16N2O3/c1-20-7-6-11-8-12(4-5-15(11)20)16-13(10-2-3-10)9-14(18(22)23)17(21)19-16/h4-10H,2-3H2,1H3,(H,19,21)(H,22,23). The summed E-state index contributed by atoms with van der Waals surface area (Å²) in [6.07, 6.45) is 4.06. The normalized spacial score (nSPS) is 14.3. The summed E-state index contributed by atoms with van der Waals surface area (Å²) in [4.78, 5) is 26.1. The molecule has 1 aromatic carbocycles. The van der Waals surface area contributed by atoms with Gasteiger partial charge in [-0.25, -0.2) is 4.79 Å². The number of nitrogens with one attached hydrogen (secondary N) is 1. The van der Waals surface area contributed by atoms with Crippen LogP contribution in [0.1, 0.15) is 34.7 Å². The molecule has 1 saturated carbocycles. The van der Waals surface area contributed by atoms with Gasteiger partial charge in [0.2, 0.25) is 0 Å². The van der Waals surface area contributed by atoms with E-state index < -0.39 is 11.5 Å². The molecule has 2 N–H and O–H groups in total. The zero-order valence-electron chi connectivity index (χ0n) is 12.7. The van der Waals surface area contributed by atoms with Crippen LogP contribution in [0.15, 0.2) is 41.3 Å². The average Bonchev–Trinajstić information content (AvgIpc) is 3.30. The number of aromatic nitrogens is 2. The van der Waals surface area contributed by atoms with Crippen molar-refractivity contribution in [3.05, 3.63) is 58.0 Å². The highest BCUT2D eigenvalue weighted by molar-refractivity contribution is 5.89. The molecule has 5 nitrogen and oxygen atoms in total. The van der Waals surface area contributed by atoms with E-state index in [4.69, 9.17) is 0 Å². The molecule has 2 aromatic heterocycles. The molecule has 1 aliphatic carbocycles. The summed E-state index contributed by atoms with van der Waals surface area (Å²) in [5, 5.41) is 10.3. The number of carboxylic acid groups (broad SMARTS) is 1. The molecule has 23 heavy (non-hydrogen) atoms. The number of carbonyl (C=O) groups is 1. The number of hydrogen-bond acceptors (Lipinski definition) is 2. The SMILES string of the molecule is Cn1ccc2cc(-c3[nH]c(=O)c(C(=O)O)cc3C3CC3)ccc21. The van der Waals surface area contributed by atoms with E-state index in [9.17, 15) is 14.7 Å². The summed E-state index contributed by atoms with van der Waals surface area (Å²) in [6, 6.07) is 9.60. The van der Waals surface area contributed by atoms with Gasteiger partial charge in [0.1, 0.15) is 5.56 Å². The second-order valence-electron chi connectivity index (χ2n) is 6.12. The fourth-order valence-corrected chi connectivity index (χ4v) is 3.10. The fraction of sp³-hybridized carbons (Fsp3) is 0.222. The first-order valence-corrected chi connectivity index (χ1v) is 7.60. The zero-order chi connectivity index (χ0) is 16.1. The molecule has 0 radical (unpaired) electrons. The van der Waals surface area contributed by atoms with Crippen molar-refractivity contribution in [2.75, 3.05) is 0 Å². The summed E-state index contributed by atoms with van der Waals surface area (Å²) < 4.78 is 2.04. The van der Waals surface area contributed by atoms with Crippen LogP contribution in [0.2, 0.25) is 0 Å². The number of hydrogen-bond donors (Lipinski definition) is 2. The third-order valence-electron chi connectivity index (χ3n) is 4.49. The van der Waals surface area contributed by atoms with E-state index in [2.05, 4.69) is 4.98 Å². The lowest BCUT2D eigenvalue weighted by Gasteiger charge is -2.10. The van der Waals surface area contributed by atoms with Gasteiger partial charge in [-0.15, -0.1) is 0 Å². The predicted molar refractivity (Wildman–Crippen MR) is 87.9 cm³/mol. The molecule has 1 aliphatic rings. The van der Waals surface area contributed by atoms with Gasteiger partial charge in [0.15, 0.2) is 0 Å². The Morgan fingerprint density at radius 1 is 1.26 bits per heavy atom. The lowest BCUT2D eigenvalue weighted by atomic mass is 9.99.